The number of rotatable bonds is 3. The number of carbonyl (C=O) groups is 1. The van der Waals surface area contributed by atoms with Crippen molar-refractivity contribution in [3.8, 4) is 17.1 Å². The van der Waals surface area contributed by atoms with E-state index in [0.29, 0.717) is 6.42 Å². The molecule has 8 nitrogen and oxygen atoms in total. The molecular formula is C23H26N4O4. The Balaban J connectivity index is 0.000000334. The summed E-state index contributed by atoms with van der Waals surface area (Å²) in [6.07, 6.45) is 0.455. The number of nitrogens with zero attached hydrogens (tertiary/aromatic N) is 2. The number of fused-ring (bicyclic) bond motifs is 1. The van der Waals surface area contributed by atoms with Gasteiger partial charge in [0.1, 0.15) is 11.6 Å². The zero-order valence-electron chi connectivity index (χ0n) is 17.7. The monoisotopic (exact) mass is 422 g/mol. The van der Waals surface area contributed by atoms with E-state index in [1.54, 1.807) is 7.11 Å². The molecule has 0 saturated carbocycles. The largest absolute Gasteiger partial charge is 0.497 e. The molecule has 5 rings (SSSR count). The van der Waals surface area contributed by atoms with Crippen LogP contribution in [0.4, 0.5) is 0 Å². The van der Waals surface area contributed by atoms with Crippen LogP contribution in [0, 0.1) is 5.92 Å². The van der Waals surface area contributed by atoms with Gasteiger partial charge in [-0.25, -0.2) is 10.4 Å². The number of methoxy groups -OCH3 is 1. The number of aromatic amines is 1. The molecule has 2 N–H and O–H groups in total. The standard InChI is InChI=1S/C19H18N4O2.C4H8O2/c1-11-9-17(24)22-23-18(11)13-5-8-15-16(10-13)21-19(20-15)12-3-6-14(25-2)7-4-12;1-2-6-4-3-5-1/h3-8,10-11H,9H2,1-2H3,(H,20,21)(H,22,24);1-4H2. The number of aromatic nitrogens is 2. The molecule has 1 fully saturated rings. The van der Waals surface area contributed by atoms with Gasteiger partial charge in [0.2, 0.25) is 5.91 Å². The van der Waals surface area contributed by atoms with E-state index in [0.717, 1.165) is 65.9 Å². The van der Waals surface area contributed by atoms with Crippen LogP contribution in [-0.2, 0) is 14.3 Å². The number of hydrogen-bond acceptors (Lipinski definition) is 6. The van der Waals surface area contributed by atoms with Crippen LogP contribution in [0.2, 0.25) is 0 Å². The smallest absolute Gasteiger partial charge is 0.240 e. The molecule has 1 amide bonds. The van der Waals surface area contributed by atoms with Crippen molar-refractivity contribution in [1.82, 2.24) is 15.4 Å². The summed E-state index contributed by atoms with van der Waals surface area (Å²) in [7, 11) is 1.65. The summed E-state index contributed by atoms with van der Waals surface area (Å²) >= 11 is 0. The Morgan fingerprint density at radius 3 is 2.29 bits per heavy atom. The Morgan fingerprint density at radius 2 is 1.68 bits per heavy atom. The van der Waals surface area contributed by atoms with E-state index in [-0.39, 0.29) is 11.8 Å². The number of ether oxygens (including phenoxy) is 3. The lowest BCUT2D eigenvalue weighted by Gasteiger charge is -2.18. The van der Waals surface area contributed by atoms with Crippen LogP contribution in [0.15, 0.2) is 47.6 Å². The number of nitrogens with one attached hydrogen (secondary N) is 2. The normalized spacial score (nSPS) is 18.6. The second kappa shape index (κ2) is 9.72. The van der Waals surface area contributed by atoms with E-state index in [1.165, 1.54) is 0 Å². The number of hydrogen-bond donors (Lipinski definition) is 2. The van der Waals surface area contributed by atoms with E-state index >= 15 is 0 Å². The van der Waals surface area contributed by atoms with Crippen molar-refractivity contribution in [3.05, 3.63) is 48.0 Å². The number of H-pyrrole nitrogens is 1. The zero-order valence-corrected chi connectivity index (χ0v) is 17.7. The first-order chi connectivity index (χ1) is 15.1. The Kier molecular flexibility index (Phi) is 6.59. The minimum absolute atomic E-state index is 0.0411. The van der Waals surface area contributed by atoms with E-state index in [9.17, 15) is 4.79 Å². The molecule has 0 aliphatic carbocycles. The summed E-state index contributed by atoms with van der Waals surface area (Å²) in [4.78, 5) is 19.4. The van der Waals surface area contributed by atoms with Gasteiger partial charge in [-0.15, -0.1) is 0 Å². The molecule has 162 valence electrons. The molecule has 1 unspecified atom stereocenters. The summed E-state index contributed by atoms with van der Waals surface area (Å²) in [5.41, 5.74) is 7.27. The molecule has 3 aromatic rings. The van der Waals surface area contributed by atoms with Gasteiger partial charge in [-0.05, 0) is 36.4 Å². The average molecular weight is 422 g/mol. The molecule has 8 heteroatoms. The van der Waals surface area contributed by atoms with E-state index < -0.39 is 0 Å². The minimum Gasteiger partial charge on any atom is -0.497 e. The van der Waals surface area contributed by atoms with Gasteiger partial charge < -0.3 is 19.2 Å². The molecule has 0 bridgehead atoms. The molecule has 31 heavy (non-hydrogen) atoms. The molecule has 2 aliphatic rings. The summed E-state index contributed by atoms with van der Waals surface area (Å²) in [6.45, 7) is 5.12. The predicted molar refractivity (Wildman–Crippen MR) is 118 cm³/mol. The van der Waals surface area contributed by atoms with E-state index in [1.807, 2.05) is 49.4 Å². The lowest BCUT2D eigenvalue weighted by atomic mass is 9.94. The number of benzene rings is 2. The fraction of sp³-hybridized carbons (Fsp3) is 0.348. The maximum atomic E-state index is 11.4. The fourth-order valence-corrected chi connectivity index (χ4v) is 3.50. The first-order valence-electron chi connectivity index (χ1n) is 10.3. The van der Waals surface area contributed by atoms with Crippen LogP contribution < -0.4 is 10.2 Å². The Hall–Kier alpha value is -3.23. The Bertz CT molecular complexity index is 1060. The van der Waals surface area contributed by atoms with Crippen molar-refractivity contribution in [2.75, 3.05) is 33.5 Å². The molecule has 0 radical (unpaired) electrons. The van der Waals surface area contributed by atoms with Gasteiger partial charge in [-0.2, -0.15) is 5.10 Å². The van der Waals surface area contributed by atoms with E-state index in [2.05, 4.69) is 20.5 Å². The van der Waals surface area contributed by atoms with E-state index in [4.69, 9.17) is 14.2 Å². The minimum atomic E-state index is -0.0411. The van der Waals surface area contributed by atoms with Gasteiger partial charge in [-0.1, -0.05) is 13.0 Å². The van der Waals surface area contributed by atoms with Crippen LogP contribution in [-0.4, -0.2) is 55.1 Å². The zero-order chi connectivity index (χ0) is 21.6. The van der Waals surface area contributed by atoms with Crippen LogP contribution in [0.25, 0.3) is 22.4 Å². The van der Waals surface area contributed by atoms with Gasteiger partial charge in [-0.3, -0.25) is 4.79 Å². The Morgan fingerprint density at radius 1 is 1.00 bits per heavy atom. The fourth-order valence-electron chi connectivity index (χ4n) is 3.50. The first-order valence-corrected chi connectivity index (χ1v) is 10.3. The molecule has 1 aromatic heterocycles. The van der Waals surface area contributed by atoms with Gasteiger partial charge in [0, 0.05) is 23.5 Å². The molecule has 1 saturated heterocycles. The average Bonchev–Trinajstić information content (AvgIpc) is 3.24. The van der Waals surface area contributed by atoms with Gasteiger partial charge >= 0.3 is 0 Å². The van der Waals surface area contributed by atoms with Crippen LogP contribution >= 0.6 is 0 Å². The summed E-state index contributed by atoms with van der Waals surface area (Å²) in [5.74, 6) is 1.67. The molecule has 1 atom stereocenters. The topological polar surface area (TPSA) is 97.8 Å². The number of amides is 1. The number of hydrazone groups is 1. The van der Waals surface area contributed by atoms with Gasteiger partial charge in [0.25, 0.3) is 0 Å². The van der Waals surface area contributed by atoms with Crippen molar-refractivity contribution in [3.63, 3.8) is 0 Å². The maximum Gasteiger partial charge on any atom is 0.240 e. The molecule has 2 aliphatic heterocycles. The third-order valence-corrected chi connectivity index (χ3v) is 5.14. The van der Waals surface area contributed by atoms with Crippen molar-refractivity contribution >= 4 is 22.7 Å². The lowest BCUT2D eigenvalue weighted by molar-refractivity contribution is -0.121. The number of carbonyl (C=O) groups excluding carboxylic acids is 1. The highest BCUT2D eigenvalue weighted by Gasteiger charge is 2.22. The summed E-state index contributed by atoms with van der Waals surface area (Å²) in [6, 6.07) is 13.8. The maximum absolute atomic E-state index is 11.4. The van der Waals surface area contributed by atoms with Crippen LogP contribution in [0.5, 0.6) is 5.75 Å². The summed E-state index contributed by atoms with van der Waals surface area (Å²) < 4.78 is 15.1. The molecule has 2 aromatic carbocycles. The highest BCUT2D eigenvalue weighted by Crippen LogP contribution is 2.25. The van der Waals surface area contributed by atoms with Crippen molar-refractivity contribution in [2.24, 2.45) is 11.0 Å². The molecular weight excluding hydrogens is 396 g/mol. The SMILES string of the molecule is C1COCCO1.COc1ccc(-c2nc3ccc(C4=NNC(=O)CC4C)cc3[nH]2)cc1. The quantitative estimate of drug-likeness (QED) is 0.676. The lowest BCUT2D eigenvalue weighted by Crippen LogP contribution is -2.31. The molecule has 0 spiro atoms. The third kappa shape index (κ3) is 5.10. The van der Waals surface area contributed by atoms with Gasteiger partial charge in [0.05, 0.1) is 50.3 Å². The first kappa shape index (κ1) is 21.0. The van der Waals surface area contributed by atoms with Gasteiger partial charge in [0.15, 0.2) is 0 Å². The second-order valence-corrected chi connectivity index (χ2v) is 7.41. The van der Waals surface area contributed by atoms with Crippen molar-refractivity contribution < 1.29 is 19.0 Å². The van der Waals surface area contributed by atoms with Crippen LogP contribution in [0.3, 0.4) is 0 Å². The van der Waals surface area contributed by atoms with Crippen molar-refractivity contribution in [1.29, 1.82) is 0 Å². The highest BCUT2D eigenvalue weighted by molar-refractivity contribution is 6.07. The number of imidazole rings is 1. The van der Waals surface area contributed by atoms with Crippen LogP contribution in [0.1, 0.15) is 18.9 Å². The Labute approximate surface area is 180 Å². The predicted octanol–water partition coefficient (Wildman–Crippen LogP) is 3.13. The second-order valence-electron chi connectivity index (χ2n) is 7.41. The summed E-state index contributed by atoms with van der Waals surface area (Å²) in [5, 5.41) is 4.22. The molecule has 3 heterocycles. The van der Waals surface area contributed by atoms with Crippen molar-refractivity contribution in [2.45, 2.75) is 13.3 Å². The highest BCUT2D eigenvalue weighted by atomic mass is 16.6. The third-order valence-electron chi connectivity index (χ3n) is 5.14.